The van der Waals surface area contributed by atoms with Gasteiger partial charge in [0.1, 0.15) is 0 Å². The standard InChI is InChI=1S/C7H13O5.ClH.Hg/c1-11-6-2-4(9)7(10)5(3-8)12-6;;/h2,4-10H,3H2,1H3;1H;/q;;+1/p-1. The molecule has 0 aromatic heterocycles. The third kappa shape index (κ3) is 2.58. The van der Waals surface area contributed by atoms with Crippen LogP contribution in [-0.4, -0.2) is 53.6 Å². The molecule has 0 saturated carbocycles. The van der Waals surface area contributed by atoms with Gasteiger partial charge in [0.05, 0.1) is 0 Å². The van der Waals surface area contributed by atoms with Gasteiger partial charge in [0, 0.05) is 0 Å². The van der Waals surface area contributed by atoms with Crippen molar-refractivity contribution in [1.82, 2.24) is 0 Å². The van der Waals surface area contributed by atoms with Crippen molar-refractivity contribution in [3.05, 3.63) is 0 Å². The Morgan fingerprint density at radius 3 is 2.50 bits per heavy atom. The molecule has 0 aromatic rings. The molecule has 5 nitrogen and oxygen atoms in total. The van der Waals surface area contributed by atoms with Gasteiger partial charge < -0.3 is 0 Å². The first-order valence-electron chi connectivity index (χ1n) is 4.37. The van der Waals surface area contributed by atoms with Gasteiger partial charge in [0.2, 0.25) is 0 Å². The summed E-state index contributed by atoms with van der Waals surface area (Å²) in [6.07, 6.45) is -3.40. The molecular weight excluding hydrogens is 400 g/mol. The average molecular weight is 413 g/mol. The van der Waals surface area contributed by atoms with E-state index in [0.717, 1.165) is 0 Å². The number of aliphatic hydroxyl groups is 3. The molecule has 1 saturated heterocycles. The van der Waals surface area contributed by atoms with Crippen molar-refractivity contribution in [2.75, 3.05) is 13.7 Å². The van der Waals surface area contributed by atoms with E-state index in [2.05, 4.69) is 0 Å². The molecule has 0 radical (unpaired) electrons. The molecule has 0 aromatic carbocycles. The summed E-state index contributed by atoms with van der Waals surface area (Å²) < 4.78 is 10.0. The number of methoxy groups -OCH3 is 1. The van der Waals surface area contributed by atoms with Gasteiger partial charge in [-0.05, 0) is 0 Å². The van der Waals surface area contributed by atoms with E-state index in [1.807, 2.05) is 0 Å². The van der Waals surface area contributed by atoms with Crippen LogP contribution in [0.3, 0.4) is 0 Å². The molecule has 3 N–H and O–H groups in total. The van der Waals surface area contributed by atoms with Crippen LogP contribution in [0.25, 0.3) is 0 Å². The molecule has 1 aliphatic heterocycles. The monoisotopic (exact) mass is 414 g/mol. The number of halogens is 1. The van der Waals surface area contributed by atoms with E-state index in [9.17, 15) is 10.2 Å². The first kappa shape index (κ1) is 13.1. The molecule has 1 heterocycles. The van der Waals surface area contributed by atoms with E-state index in [-0.39, 0.29) is 10.0 Å². The average Bonchev–Trinajstić information content (AvgIpc) is 2.21. The van der Waals surface area contributed by atoms with Crippen molar-refractivity contribution in [2.45, 2.75) is 28.0 Å². The maximum absolute atomic E-state index is 9.69. The SMILES string of the molecule is COC1OC(CO)C(O)C(O)[CH]1[Hg][Cl]. The van der Waals surface area contributed by atoms with Gasteiger partial charge in [-0.1, -0.05) is 0 Å². The maximum atomic E-state index is 9.69. The normalized spacial score (nSPS) is 43.4. The first-order valence-corrected chi connectivity index (χ1v) is 14.3. The van der Waals surface area contributed by atoms with E-state index in [4.69, 9.17) is 22.8 Å². The van der Waals surface area contributed by atoms with Crippen LogP contribution in [0.4, 0.5) is 0 Å². The van der Waals surface area contributed by atoms with Gasteiger partial charge in [0.15, 0.2) is 0 Å². The van der Waals surface area contributed by atoms with Gasteiger partial charge in [-0.25, -0.2) is 0 Å². The Morgan fingerprint density at radius 1 is 1.43 bits per heavy atom. The number of hydrogen-bond donors (Lipinski definition) is 3. The van der Waals surface area contributed by atoms with Gasteiger partial charge in [0.25, 0.3) is 0 Å². The van der Waals surface area contributed by atoms with Crippen molar-refractivity contribution in [2.24, 2.45) is 0 Å². The Balaban J connectivity index is 2.71. The Kier molecular flexibility index (Phi) is 5.55. The molecule has 80 valence electrons. The Labute approximate surface area is 97.8 Å². The summed E-state index contributed by atoms with van der Waals surface area (Å²) in [4.78, 5) is 0. The Morgan fingerprint density at radius 2 is 2.07 bits per heavy atom. The van der Waals surface area contributed by atoms with Crippen LogP contribution >= 0.6 is 8.25 Å². The second-order valence-corrected chi connectivity index (χ2v) is 10.8. The second-order valence-electron chi connectivity index (χ2n) is 3.26. The fourth-order valence-corrected chi connectivity index (χ4v) is 7.95. The van der Waals surface area contributed by atoms with Crippen LogP contribution < -0.4 is 0 Å². The van der Waals surface area contributed by atoms with Crippen LogP contribution in [0.1, 0.15) is 0 Å². The van der Waals surface area contributed by atoms with Crippen molar-refractivity contribution in [3.8, 4) is 0 Å². The molecule has 7 heteroatoms. The summed E-state index contributed by atoms with van der Waals surface area (Å²) in [6.45, 7) is -0.343. The quantitative estimate of drug-likeness (QED) is 0.523. The molecule has 14 heavy (non-hydrogen) atoms. The summed E-state index contributed by atoms with van der Waals surface area (Å²) in [7, 11) is 7.29. The zero-order valence-corrected chi connectivity index (χ0v) is 14.1. The third-order valence-corrected chi connectivity index (χ3v) is 10.3. The summed E-state index contributed by atoms with van der Waals surface area (Å²) in [5.74, 6) is 0. The van der Waals surface area contributed by atoms with E-state index < -0.39 is 47.9 Å². The summed E-state index contributed by atoms with van der Waals surface area (Å²) in [6, 6.07) is 0. The van der Waals surface area contributed by atoms with Crippen molar-refractivity contribution in [1.29, 1.82) is 0 Å². The van der Waals surface area contributed by atoms with Crippen LogP contribution in [0, 0.1) is 0 Å². The van der Waals surface area contributed by atoms with Crippen LogP contribution in [0.2, 0.25) is 3.43 Å². The molecule has 0 aliphatic carbocycles. The third-order valence-electron chi connectivity index (χ3n) is 2.42. The van der Waals surface area contributed by atoms with E-state index >= 15 is 0 Å². The summed E-state index contributed by atoms with van der Waals surface area (Å²) in [5, 5.41) is 28.1. The zero-order chi connectivity index (χ0) is 10.7. The zero-order valence-electron chi connectivity index (χ0n) is 7.84. The Bertz CT molecular complexity index is 181. The number of hydrogen-bond acceptors (Lipinski definition) is 5. The predicted octanol–water partition coefficient (Wildman–Crippen LogP) is -0.903. The molecule has 0 amide bonds. The van der Waals surface area contributed by atoms with Gasteiger partial charge in [-0.2, -0.15) is 0 Å². The molecule has 1 rings (SSSR count). The predicted molar refractivity (Wildman–Crippen MR) is 44.4 cm³/mol. The molecule has 1 aliphatic rings. The summed E-state index contributed by atoms with van der Waals surface area (Å²) in [5.41, 5.74) is 0. The molecule has 5 unspecified atom stereocenters. The fourth-order valence-electron chi connectivity index (χ4n) is 1.53. The molecular formula is C7H13ClHgO5. The number of rotatable bonds is 3. The van der Waals surface area contributed by atoms with Gasteiger partial charge >= 0.3 is 98.1 Å². The van der Waals surface area contributed by atoms with Gasteiger partial charge in [-0.3, -0.25) is 0 Å². The number of ether oxygens (including phenoxy) is 2. The van der Waals surface area contributed by atoms with Crippen LogP contribution in [0.5, 0.6) is 0 Å². The Hall–Kier alpha value is 1.03. The molecule has 0 bridgehead atoms. The molecule has 0 spiro atoms. The summed E-state index contributed by atoms with van der Waals surface area (Å²) >= 11 is -1.78. The molecule has 5 atom stereocenters. The van der Waals surface area contributed by atoms with E-state index in [1.165, 1.54) is 7.11 Å². The van der Waals surface area contributed by atoms with Crippen molar-refractivity contribution in [3.63, 3.8) is 0 Å². The first-order chi connectivity index (χ1) is 6.65. The molecule has 1 fully saturated rings. The van der Waals surface area contributed by atoms with Crippen LogP contribution in [-0.2, 0) is 32.8 Å². The van der Waals surface area contributed by atoms with Crippen LogP contribution in [0.15, 0.2) is 0 Å². The van der Waals surface area contributed by atoms with E-state index in [1.54, 1.807) is 0 Å². The minimum atomic E-state index is -1.78. The topological polar surface area (TPSA) is 79.2 Å². The van der Waals surface area contributed by atoms with Gasteiger partial charge in [-0.15, -0.1) is 0 Å². The van der Waals surface area contributed by atoms with Crippen molar-refractivity contribution >= 4 is 8.25 Å². The van der Waals surface area contributed by atoms with E-state index in [0.29, 0.717) is 0 Å². The number of aliphatic hydroxyl groups excluding tert-OH is 3. The fraction of sp³-hybridized carbons (Fsp3) is 1.00. The minimum absolute atomic E-state index is 0.264. The second kappa shape index (κ2) is 5.93. The van der Waals surface area contributed by atoms with Crippen molar-refractivity contribution < 1.29 is 48.1 Å².